The lowest BCUT2D eigenvalue weighted by Gasteiger charge is -2.16. The molecule has 6 nitrogen and oxygen atoms in total. The third kappa shape index (κ3) is 4.95. The molecule has 0 spiro atoms. The van der Waals surface area contributed by atoms with E-state index in [2.05, 4.69) is 19.9 Å². The maximum Gasteiger partial charge on any atom is 0.183 e. The largest absolute Gasteiger partial charge is 0.347 e. The molecule has 0 aliphatic heterocycles. The third-order valence-corrected chi connectivity index (χ3v) is 5.70. The van der Waals surface area contributed by atoms with Crippen molar-refractivity contribution >= 4 is 19.0 Å². The van der Waals surface area contributed by atoms with Crippen molar-refractivity contribution in [2.45, 2.75) is 19.9 Å². The molecular formula is C26H21BF2N6. The summed E-state index contributed by atoms with van der Waals surface area (Å²) in [4.78, 5) is 23.0. The second-order valence-electron chi connectivity index (χ2n) is 8.25. The Balaban J connectivity index is 1.45. The molecule has 0 amide bonds. The maximum atomic E-state index is 14.0. The average Bonchev–Trinajstić information content (AvgIpc) is 3.27. The van der Waals surface area contributed by atoms with Gasteiger partial charge in [0.15, 0.2) is 7.98 Å². The molecule has 5 rings (SSSR count). The van der Waals surface area contributed by atoms with Crippen molar-refractivity contribution in [1.82, 2.24) is 29.7 Å². The predicted octanol–water partition coefficient (Wildman–Crippen LogP) is 4.80. The Morgan fingerprint density at radius 1 is 0.914 bits per heavy atom. The van der Waals surface area contributed by atoms with Crippen molar-refractivity contribution in [2.75, 3.05) is 6.54 Å². The van der Waals surface area contributed by atoms with Crippen molar-refractivity contribution in [3.8, 4) is 22.6 Å². The number of hydrogen-bond donors (Lipinski definition) is 1. The smallest absolute Gasteiger partial charge is 0.183 e. The molecular weight excluding hydrogens is 445 g/mol. The molecule has 5 aromatic rings. The molecule has 0 unspecified atom stereocenters. The van der Waals surface area contributed by atoms with E-state index in [-0.39, 0.29) is 25.1 Å². The zero-order valence-electron chi connectivity index (χ0n) is 19.0. The number of H-pyrrole nitrogens is 1. The van der Waals surface area contributed by atoms with Gasteiger partial charge in [-0.1, -0.05) is 18.2 Å². The molecule has 0 bridgehead atoms. The lowest BCUT2D eigenvalue weighted by Crippen LogP contribution is -2.23. The van der Waals surface area contributed by atoms with E-state index in [1.165, 1.54) is 23.0 Å². The van der Waals surface area contributed by atoms with E-state index in [9.17, 15) is 8.78 Å². The Hall–Kier alpha value is -3.98. The van der Waals surface area contributed by atoms with Gasteiger partial charge >= 0.3 is 0 Å². The molecule has 172 valence electrons. The monoisotopic (exact) mass is 466 g/mol. The van der Waals surface area contributed by atoms with Gasteiger partial charge in [-0.3, -0.25) is 15.0 Å². The number of fused-ring (bicyclic) bond motifs is 1. The third-order valence-electron chi connectivity index (χ3n) is 5.70. The molecule has 2 aromatic carbocycles. The summed E-state index contributed by atoms with van der Waals surface area (Å²) in [5.74, 6) is -0.550. The molecule has 0 atom stereocenters. The second-order valence-corrected chi connectivity index (χ2v) is 8.25. The van der Waals surface area contributed by atoms with Gasteiger partial charge in [-0.25, -0.2) is 13.8 Å². The van der Waals surface area contributed by atoms with Gasteiger partial charge in [-0.15, -0.1) is 0 Å². The van der Waals surface area contributed by atoms with E-state index in [0.29, 0.717) is 11.5 Å². The van der Waals surface area contributed by atoms with Crippen LogP contribution in [0.5, 0.6) is 0 Å². The first kappa shape index (κ1) is 22.8. The van der Waals surface area contributed by atoms with E-state index in [1.54, 1.807) is 12.4 Å². The molecule has 35 heavy (non-hydrogen) atoms. The Bertz CT molecular complexity index is 1480. The van der Waals surface area contributed by atoms with Gasteiger partial charge in [-0.05, 0) is 56.3 Å². The van der Waals surface area contributed by atoms with Crippen LogP contribution in [-0.2, 0) is 13.0 Å². The van der Waals surface area contributed by atoms with Gasteiger partial charge in [0.1, 0.15) is 17.5 Å². The minimum Gasteiger partial charge on any atom is -0.347 e. The highest BCUT2D eigenvalue weighted by Crippen LogP contribution is 2.31. The van der Waals surface area contributed by atoms with E-state index in [0.717, 1.165) is 33.7 Å². The number of pyridine rings is 1. The maximum absolute atomic E-state index is 14.0. The molecule has 0 aliphatic carbocycles. The Morgan fingerprint density at radius 3 is 2.43 bits per heavy atom. The predicted molar refractivity (Wildman–Crippen MR) is 131 cm³/mol. The summed E-state index contributed by atoms with van der Waals surface area (Å²) in [5.41, 5.74) is 5.50. The van der Waals surface area contributed by atoms with E-state index >= 15 is 0 Å². The van der Waals surface area contributed by atoms with Crippen LogP contribution in [0.1, 0.15) is 17.1 Å². The highest BCUT2D eigenvalue weighted by Gasteiger charge is 2.17. The van der Waals surface area contributed by atoms with Gasteiger partial charge in [0.2, 0.25) is 0 Å². The quantitative estimate of drug-likeness (QED) is 0.349. The molecule has 0 fully saturated rings. The van der Waals surface area contributed by atoms with Gasteiger partial charge < -0.3 is 9.79 Å². The zero-order valence-corrected chi connectivity index (χ0v) is 19.0. The summed E-state index contributed by atoms with van der Waals surface area (Å²) in [6.07, 6.45) is 3.44. The molecule has 2 radical (unpaired) electrons. The number of benzene rings is 2. The van der Waals surface area contributed by atoms with Gasteiger partial charge in [-0.2, -0.15) is 0 Å². The second kappa shape index (κ2) is 9.72. The highest BCUT2D eigenvalue weighted by molar-refractivity contribution is 6.04. The number of halogens is 2. The number of nitrogens with zero attached hydrogens (tertiary/aromatic N) is 5. The van der Waals surface area contributed by atoms with Crippen molar-refractivity contribution in [1.29, 1.82) is 0 Å². The van der Waals surface area contributed by atoms with Crippen molar-refractivity contribution in [2.24, 2.45) is 0 Å². The normalized spacial score (nSPS) is 11.4. The first-order chi connectivity index (χ1) is 17.0. The minimum atomic E-state index is -0.578. The zero-order chi connectivity index (χ0) is 24.4. The topological polar surface area (TPSA) is 70.6 Å². The number of rotatable bonds is 7. The summed E-state index contributed by atoms with van der Waals surface area (Å²) in [5, 5.41) is 0. The fraction of sp³-hybridized carbons (Fsp3) is 0.154. The van der Waals surface area contributed by atoms with Crippen LogP contribution in [0.4, 0.5) is 8.78 Å². The lowest BCUT2D eigenvalue weighted by atomic mass is 10.1. The van der Waals surface area contributed by atoms with Crippen LogP contribution in [0, 0.1) is 18.6 Å². The number of aromatic nitrogens is 5. The van der Waals surface area contributed by atoms with E-state index in [4.69, 9.17) is 13.0 Å². The summed E-state index contributed by atoms with van der Waals surface area (Å²) in [7, 11) is 6.18. The van der Waals surface area contributed by atoms with E-state index < -0.39 is 11.6 Å². The minimum absolute atomic E-state index is 0.0185. The van der Waals surface area contributed by atoms with Crippen LogP contribution >= 0.6 is 0 Å². The standard InChI is InChI=1S/C26H21BF2N6/c1-16-4-2-7-22(32-16)26-25(17-8-9-21-23(14-17)31-12-11-30-21)33-24(34-26)15-35(27)13-10-18-19(28)5-3-6-20(18)29/h2-9,11-12,14H,10,13,15H2,1H3,(H,33,34). The van der Waals surface area contributed by atoms with Crippen LogP contribution < -0.4 is 0 Å². The molecule has 0 aliphatic rings. The lowest BCUT2D eigenvalue weighted by molar-refractivity contribution is 0.431. The van der Waals surface area contributed by atoms with Crippen LogP contribution in [-0.4, -0.2) is 44.3 Å². The fourth-order valence-electron chi connectivity index (χ4n) is 3.98. The fourth-order valence-corrected chi connectivity index (χ4v) is 3.98. The summed E-state index contributed by atoms with van der Waals surface area (Å²) in [6.45, 7) is 2.43. The van der Waals surface area contributed by atoms with Crippen LogP contribution in [0.3, 0.4) is 0 Å². The van der Waals surface area contributed by atoms with Crippen molar-refractivity contribution in [3.63, 3.8) is 0 Å². The summed E-state index contributed by atoms with van der Waals surface area (Å²) >= 11 is 0. The first-order valence-electron chi connectivity index (χ1n) is 11.1. The summed E-state index contributed by atoms with van der Waals surface area (Å²) < 4.78 is 27.9. The molecule has 9 heteroatoms. The van der Waals surface area contributed by atoms with Crippen LogP contribution in [0.2, 0.25) is 0 Å². The number of nitrogens with one attached hydrogen (secondary N) is 1. The molecule has 0 saturated carbocycles. The van der Waals surface area contributed by atoms with Crippen molar-refractivity contribution < 1.29 is 8.78 Å². The molecule has 3 heterocycles. The highest BCUT2D eigenvalue weighted by atomic mass is 19.1. The van der Waals surface area contributed by atoms with Gasteiger partial charge in [0.05, 0.1) is 28.1 Å². The Labute approximate surface area is 202 Å². The Kier molecular flexibility index (Phi) is 6.33. The molecule has 3 aromatic heterocycles. The number of aryl methyl sites for hydroxylation is 1. The number of imidazole rings is 1. The van der Waals surface area contributed by atoms with Gasteiger partial charge in [0.25, 0.3) is 0 Å². The van der Waals surface area contributed by atoms with Crippen molar-refractivity contribution in [3.05, 3.63) is 95.7 Å². The molecule has 1 N–H and O–H groups in total. The average molecular weight is 466 g/mol. The number of hydrogen-bond acceptors (Lipinski definition) is 5. The summed E-state index contributed by atoms with van der Waals surface area (Å²) in [6, 6.07) is 15.4. The van der Waals surface area contributed by atoms with Crippen LogP contribution in [0.25, 0.3) is 33.7 Å². The van der Waals surface area contributed by atoms with Crippen LogP contribution in [0.15, 0.2) is 67.0 Å². The number of aromatic amines is 1. The SMILES string of the molecule is [B]N(CCc1c(F)cccc1F)Cc1nc(-c2ccc3nccnc3c2)c(-c2cccc(C)n2)[nH]1. The van der Waals surface area contributed by atoms with Gasteiger partial charge in [0, 0.05) is 35.8 Å². The first-order valence-corrected chi connectivity index (χ1v) is 11.1. The molecule has 0 saturated heterocycles. The van der Waals surface area contributed by atoms with E-state index in [1.807, 2.05) is 43.3 Å². The Morgan fingerprint density at radius 2 is 1.66 bits per heavy atom.